The Hall–Kier alpha value is -4.06. The van der Waals surface area contributed by atoms with E-state index in [2.05, 4.69) is 169 Å². The van der Waals surface area contributed by atoms with Crippen molar-refractivity contribution in [1.29, 1.82) is 0 Å². The maximum absolute atomic E-state index is 5.58. The predicted molar refractivity (Wildman–Crippen MR) is 187 cm³/mol. The predicted octanol–water partition coefficient (Wildman–Crippen LogP) is 7.18. The van der Waals surface area contributed by atoms with Gasteiger partial charge in [-0.15, -0.1) is 0 Å². The van der Waals surface area contributed by atoms with Crippen LogP contribution in [0.25, 0.3) is 0 Å². The number of hydrogen-bond acceptors (Lipinski definition) is 2. The summed E-state index contributed by atoms with van der Waals surface area (Å²) in [4.78, 5) is 5.47. The fourth-order valence-corrected chi connectivity index (χ4v) is 10.5. The van der Waals surface area contributed by atoms with E-state index in [1.54, 1.807) is 0 Å². The summed E-state index contributed by atoms with van der Waals surface area (Å²) in [5.41, 5.74) is 5.37. The summed E-state index contributed by atoms with van der Waals surface area (Å²) in [6.07, 6.45) is 13.6. The first kappa shape index (κ1) is 29.4. The molecular weight excluding hydrogens is 543 g/mol. The highest BCUT2D eigenvalue weighted by molar-refractivity contribution is 7.80. The van der Waals surface area contributed by atoms with E-state index >= 15 is 0 Å². The average Bonchev–Trinajstić information content (AvgIpc) is 3.61. The van der Waals surface area contributed by atoms with Crippen molar-refractivity contribution in [1.82, 2.24) is 9.55 Å². The largest absolute Gasteiger partial charge is 0.326 e. The lowest BCUT2D eigenvalue weighted by Crippen LogP contribution is -2.50. The Labute approximate surface area is 258 Å². The van der Waals surface area contributed by atoms with Gasteiger partial charge in [0.1, 0.15) is 8.80 Å². The van der Waals surface area contributed by atoms with Gasteiger partial charge in [-0.25, -0.2) is 4.98 Å². The SMILES string of the molecule is CB(c1ccccc1)c1ccccc1.CC[SiH](C1=CC(=S)CC=C1)C(c1ccccc1)(c1ccccc1)n1ccnc1. The molecule has 1 unspecified atom stereocenters. The van der Waals surface area contributed by atoms with Crippen molar-refractivity contribution in [2.75, 3.05) is 0 Å². The zero-order valence-corrected chi connectivity index (χ0v) is 26.4. The van der Waals surface area contributed by atoms with Crippen LogP contribution >= 0.6 is 12.2 Å². The number of allylic oxidation sites excluding steroid dienone is 4. The molecule has 4 aromatic carbocycles. The quantitative estimate of drug-likeness (QED) is 0.143. The molecule has 208 valence electrons. The van der Waals surface area contributed by atoms with Crippen LogP contribution in [0.2, 0.25) is 12.9 Å². The van der Waals surface area contributed by atoms with Crippen molar-refractivity contribution in [3.8, 4) is 0 Å². The maximum Gasteiger partial charge on any atom is 0.206 e. The van der Waals surface area contributed by atoms with Gasteiger partial charge in [-0.2, -0.15) is 0 Å². The Bertz CT molecular complexity index is 1520. The Morgan fingerprint density at radius 2 is 1.29 bits per heavy atom. The van der Waals surface area contributed by atoms with E-state index in [1.807, 2.05) is 12.5 Å². The van der Waals surface area contributed by atoms with Gasteiger partial charge in [-0.3, -0.25) is 0 Å². The second-order valence-electron chi connectivity index (χ2n) is 10.7. The lowest BCUT2D eigenvalue weighted by molar-refractivity contribution is 0.582. The molecule has 0 radical (unpaired) electrons. The van der Waals surface area contributed by atoms with Crippen LogP contribution in [0.1, 0.15) is 24.5 Å². The lowest BCUT2D eigenvalue weighted by Gasteiger charge is -2.43. The highest BCUT2D eigenvalue weighted by atomic mass is 32.1. The zero-order chi connectivity index (χ0) is 29.2. The standard InChI is InChI=1S/C24H24N2SSi.C13H13B/c1-2-28(23-15-9-14-22(27)18-23)24(26-17-16-25-19-26,20-10-5-3-6-11-20)21-12-7-4-8-13-21;1-14(12-8-4-2-5-9-12)13-10-6-3-7-11-13/h3-13,15-19,28H,2,14H2,1H3;2-11H,1H3. The second kappa shape index (κ2) is 14.2. The Balaban J connectivity index is 0.000000211. The second-order valence-corrected chi connectivity index (χ2v) is 14.6. The molecule has 0 amide bonds. The third-order valence-electron chi connectivity index (χ3n) is 8.21. The van der Waals surface area contributed by atoms with Crippen LogP contribution in [0.3, 0.4) is 0 Å². The van der Waals surface area contributed by atoms with Gasteiger partial charge in [0.25, 0.3) is 0 Å². The van der Waals surface area contributed by atoms with Crippen LogP contribution in [0.15, 0.2) is 163 Å². The van der Waals surface area contributed by atoms with Gasteiger partial charge < -0.3 is 4.57 Å². The van der Waals surface area contributed by atoms with Crippen molar-refractivity contribution in [3.63, 3.8) is 0 Å². The molecule has 5 aromatic rings. The molecule has 1 atom stereocenters. The number of hydrogen-bond donors (Lipinski definition) is 0. The number of imidazole rings is 1. The van der Waals surface area contributed by atoms with Gasteiger partial charge in [0.05, 0.1) is 11.5 Å². The van der Waals surface area contributed by atoms with Gasteiger partial charge in [0.2, 0.25) is 6.71 Å². The molecular formula is C37H37BN2SSi. The Kier molecular flexibility index (Phi) is 9.96. The topological polar surface area (TPSA) is 17.8 Å². The molecule has 0 aliphatic heterocycles. The van der Waals surface area contributed by atoms with Crippen molar-refractivity contribution < 1.29 is 0 Å². The van der Waals surface area contributed by atoms with E-state index in [4.69, 9.17) is 12.2 Å². The fraction of sp³-hybridized carbons (Fsp3) is 0.135. The van der Waals surface area contributed by atoms with Crippen LogP contribution in [0.4, 0.5) is 0 Å². The van der Waals surface area contributed by atoms with Gasteiger partial charge in [0.15, 0.2) is 0 Å². The van der Waals surface area contributed by atoms with E-state index in [9.17, 15) is 0 Å². The van der Waals surface area contributed by atoms with E-state index in [1.165, 1.54) is 27.2 Å². The van der Waals surface area contributed by atoms with Crippen molar-refractivity contribution in [2.45, 2.75) is 31.4 Å². The molecule has 1 aliphatic carbocycles. The minimum absolute atomic E-state index is 0.267. The van der Waals surface area contributed by atoms with E-state index < -0.39 is 8.80 Å². The highest BCUT2D eigenvalue weighted by Crippen LogP contribution is 2.41. The van der Waals surface area contributed by atoms with Gasteiger partial charge in [-0.05, 0) is 17.2 Å². The molecule has 0 fully saturated rings. The van der Waals surface area contributed by atoms with Gasteiger partial charge in [-0.1, -0.05) is 182 Å². The summed E-state index contributed by atoms with van der Waals surface area (Å²) in [5, 5.41) is 1.15. The van der Waals surface area contributed by atoms with E-state index in [0.29, 0.717) is 6.71 Å². The molecule has 0 saturated heterocycles. The number of rotatable bonds is 8. The zero-order valence-electron chi connectivity index (χ0n) is 24.4. The normalized spacial score (nSPS) is 13.5. The molecule has 0 bridgehead atoms. The molecule has 0 saturated carbocycles. The Morgan fingerprint density at radius 3 is 1.71 bits per heavy atom. The van der Waals surface area contributed by atoms with Gasteiger partial charge >= 0.3 is 0 Å². The van der Waals surface area contributed by atoms with Crippen molar-refractivity contribution in [3.05, 3.63) is 175 Å². The molecule has 5 heteroatoms. The number of benzene rings is 4. The molecule has 0 spiro atoms. The molecule has 1 aliphatic rings. The van der Waals surface area contributed by atoms with Crippen LogP contribution in [0, 0.1) is 0 Å². The van der Waals surface area contributed by atoms with Crippen LogP contribution in [-0.4, -0.2) is 29.9 Å². The summed E-state index contributed by atoms with van der Waals surface area (Å²) in [6, 6.07) is 44.1. The van der Waals surface area contributed by atoms with Gasteiger partial charge in [0, 0.05) is 23.7 Å². The molecule has 0 N–H and O–H groups in total. The van der Waals surface area contributed by atoms with Crippen LogP contribution in [0.5, 0.6) is 0 Å². The molecule has 1 heterocycles. The first-order valence-corrected chi connectivity index (χ1v) is 17.1. The monoisotopic (exact) mass is 580 g/mol. The third-order valence-corrected chi connectivity index (χ3v) is 12.4. The smallest absolute Gasteiger partial charge is 0.206 e. The number of thiocarbonyl (C=S) groups is 1. The molecule has 42 heavy (non-hydrogen) atoms. The summed E-state index contributed by atoms with van der Waals surface area (Å²) in [5.74, 6) is 0. The fourth-order valence-electron chi connectivity index (χ4n) is 6.17. The summed E-state index contributed by atoms with van der Waals surface area (Å²) in [7, 11) is -1.62. The molecule has 6 rings (SSSR count). The third kappa shape index (κ3) is 6.38. The summed E-state index contributed by atoms with van der Waals surface area (Å²) in [6.45, 7) is 5.04. The minimum Gasteiger partial charge on any atom is -0.326 e. The molecule has 2 nitrogen and oxygen atoms in total. The minimum atomic E-state index is -1.62. The maximum atomic E-state index is 5.58. The van der Waals surface area contributed by atoms with Crippen LogP contribution in [-0.2, 0) is 5.16 Å². The van der Waals surface area contributed by atoms with Crippen molar-refractivity contribution >= 4 is 43.5 Å². The number of aromatic nitrogens is 2. The summed E-state index contributed by atoms with van der Waals surface area (Å²) < 4.78 is 2.32. The Morgan fingerprint density at radius 1 is 0.786 bits per heavy atom. The molecule has 1 aromatic heterocycles. The average molecular weight is 581 g/mol. The summed E-state index contributed by atoms with van der Waals surface area (Å²) >= 11 is 5.58. The number of nitrogens with zero attached hydrogens (tertiary/aromatic N) is 2. The van der Waals surface area contributed by atoms with Crippen molar-refractivity contribution in [2.24, 2.45) is 0 Å². The van der Waals surface area contributed by atoms with Crippen LogP contribution < -0.4 is 10.9 Å². The first-order valence-electron chi connectivity index (χ1n) is 14.7. The first-order chi connectivity index (χ1) is 20.6. The lowest BCUT2D eigenvalue weighted by atomic mass is 9.43. The van der Waals surface area contributed by atoms with E-state index in [-0.39, 0.29) is 5.16 Å². The highest BCUT2D eigenvalue weighted by Gasteiger charge is 2.45. The van der Waals surface area contributed by atoms with E-state index in [0.717, 1.165) is 17.3 Å².